The van der Waals surface area contributed by atoms with Gasteiger partial charge in [-0.2, -0.15) is 0 Å². The fourth-order valence-corrected chi connectivity index (χ4v) is 2.32. The quantitative estimate of drug-likeness (QED) is 0.780. The van der Waals surface area contributed by atoms with Crippen LogP contribution in [-0.4, -0.2) is 23.6 Å². The second kappa shape index (κ2) is 5.93. The van der Waals surface area contributed by atoms with Crippen LogP contribution in [0.2, 0.25) is 0 Å². The highest BCUT2D eigenvalue weighted by molar-refractivity contribution is 5.77. The number of furan rings is 1. The Hall–Kier alpha value is -2.40. The maximum absolute atomic E-state index is 5.95. The first-order chi connectivity index (χ1) is 10.3. The summed E-state index contributed by atoms with van der Waals surface area (Å²) in [5.74, 6) is 1.37. The Labute approximate surface area is 123 Å². The summed E-state index contributed by atoms with van der Waals surface area (Å²) in [5, 5.41) is 4.47. The van der Waals surface area contributed by atoms with E-state index in [0.29, 0.717) is 5.88 Å². The third kappa shape index (κ3) is 2.73. The van der Waals surface area contributed by atoms with E-state index in [1.807, 2.05) is 43.3 Å². The van der Waals surface area contributed by atoms with Crippen LogP contribution >= 0.6 is 0 Å². The zero-order valence-corrected chi connectivity index (χ0v) is 12.0. The fourth-order valence-electron chi connectivity index (χ4n) is 2.32. The molecule has 3 aromatic rings. The molecule has 108 valence electrons. The van der Waals surface area contributed by atoms with Crippen LogP contribution in [0.15, 0.2) is 47.1 Å². The van der Waals surface area contributed by atoms with E-state index in [1.165, 1.54) is 6.33 Å². The second-order valence-corrected chi connectivity index (χ2v) is 4.66. The minimum atomic E-state index is -0.126. The van der Waals surface area contributed by atoms with E-state index in [4.69, 9.17) is 9.15 Å². The van der Waals surface area contributed by atoms with E-state index in [0.717, 1.165) is 29.0 Å². The van der Waals surface area contributed by atoms with Gasteiger partial charge in [-0.25, -0.2) is 9.97 Å². The Morgan fingerprint density at radius 1 is 1.24 bits per heavy atom. The summed E-state index contributed by atoms with van der Waals surface area (Å²) >= 11 is 0. The molecule has 0 fully saturated rings. The van der Waals surface area contributed by atoms with Gasteiger partial charge in [-0.05, 0) is 18.7 Å². The van der Waals surface area contributed by atoms with Gasteiger partial charge < -0.3 is 14.5 Å². The smallest absolute Gasteiger partial charge is 0.216 e. The topological polar surface area (TPSA) is 60.2 Å². The van der Waals surface area contributed by atoms with Crippen molar-refractivity contribution in [2.75, 3.05) is 13.7 Å². The molecule has 0 saturated carbocycles. The summed E-state index contributed by atoms with van der Waals surface area (Å²) in [4.78, 5) is 8.38. The number of hydrogen-bond acceptors (Lipinski definition) is 5. The zero-order valence-electron chi connectivity index (χ0n) is 12.0. The molecule has 1 atom stereocenters. The van der Waals surface area contributed by atoms with Gasteiger partial charge in [0.05, 0.1) is 12.8 Å². The average Bonchev–Trinajstić information content (AvgIpc) is 2.96. The van der Waals surface area contributed by atoms with Crippen LogP contribution in [0.1, 0.15) is 24.4 Å². The van der Waals surface area contributed by atoms with Crippen molar-refractivity contribution in [2.45, 2.75) is 13.0 Å². The molecule has 0 radical (unpaired) electrons. The molecule has 0 amide bonds. The summed E-state index contributed by atoms with van der Waals surface area (Å²) in [6.07, 6.45) is 1.50. The molecule has 0 aliphatic carbocycles. The molecule has 1 aromatic carbocycles. The van der Waals surface area contributed by atoms with E-state index in [9.17, 15) is 0 Å². The Kier molecular flexibility index (Phi) is 3.83. The lowest BCUT2D eigenvalue weighted by Gasteiger charge is -2.15. The fraction of sp³-hybridized carbons (Fsp3) is 0.250. The number of nitrogens with zero attached hydrogens (tertiary/aromatic N) is 2. The summed E-state index contributed by atoms with van der Waals surface area (Å²) in [7, 11) is 1.59. The molecule has 0 aliphatic rings. The Morgan fingerprint density at radius 2 is 2.10 bits per heavy atom. The second-order valence-electron chi connectivity index (χ2n) is 4.66. The van der Waals surface area contributed by atoms with Crippen LogP contribution in [-0.2, 0) is 0 Å². The summed E-state index contributed by atoms with van der Waals surface area (Å²) in [5.41, 5.74) is 1.69. The lowest BCUT2D eigenvalue weighted by molar-refractivity contribution is 0.393. The standard InChI is InChI=1S/C16H17N3O2/c1-3-17-16(12-9-15(20-2)19-10-18-12)14-8-11-6-4-5-7-13(11)21-14/h4-10,16-17H,3H2,1-2H3. The Balaban J connectivity index is 2.03. The summed E-state index contributed by atoms with van der Waals surface area (Å²) in [6.45, 7) is 2.85. The number of fused-ring (bicyclic) bond motifs is 1. The highest BCUT2D eigenvalue weighted by atomic mass is 16.5. The van der Waals surface area contributed by atoms with Crippen molar-refractivity contribution in [3.63, 3.8) is 0 Å². The van der Waals surface area contributed by atoms with Crippen molar-refractivity contribution < 1.29 is 9.15 Å². The molecule has 0 saturated heterocycles. The van der Waals surface area contributed by atoms with Gasteiger partial charge in [0, 0.05) is 11.5 Å². The van der Waals surface area contributed by atoms with E-state index in [-0.39, 0.29) is 6.04 Å². The molecule has 21 heavy (non-hydrogen) atoms. The van der Waals surface area contributed by atoms with Crippen LogP contribution in [0.5, 0.6) is 5.88 Å². The predicted molar refractivity (Wildman–Crippen MR) is 80.3 cm³/mol. The lowest BCUT2D eigenvalue weighted by atomic mass is 10.1. The SMILES string of the molecule is CCNC(c1cc(OC)ncn1)c1cc2ccccc2o1. The molecule has 0 spiro atoms. The van der Waals surface area contributed by atoms with E-state index >= 15 is 0 Å². The van der Waals surface area contributed by atoms with Gasteiger partial charge in [0.15, 0.2) is 0 Å². The average molecular weight is 283 g/mol. The number of para-hydroxylation sites is 1. The number of nitrogens with one attached hydrogen (secondary N) is 1. The first kappa shape index (κ1) is 13.6. The predicted octanol–water partition coefficient (Wildman–Crippen LogP) is 2.93. The minimum Gasteiger partial charge on any atom is -0.481 e. The highest BCUT2D eigenvalue weighted by Gasteiger charge is 2.19. The lowest BCUT2D eigenvalue weighted by Crippen LogP contribution is -2.22. The monoisotopic (exact) mass is 283 g/mol. The highest BCUT2D eigenvalue weighted by Crippen LogP contribution is 2.28. The number of methoxy groups -OCH3 is 1. The maximum Gasteiger partial charge on any atom is 0.216 e. The van der Waals surface area contributed by atoms with Crippen molar-refractivity contribution in [3.05, 3.63) is 54.2 Å². The maximum atomic E-state index is 5.95. The molecule has 5 heteroatoms. The minimum absolute atomic E-state index is 0.126. The largest absolute Gasteiger partial charge is 0.481 e. The van der Waals surface area contributed by atoms with Crippen LogP contribution in [0, 0.1) is 0 Å². The first-order valence-corrected chi connectivity index (χ1v) is 6.89. The Bertz CT molecular complexity index is 706. The molecule has 2 aromatic heterocycles. The molecular formula is C16H17N3O2. The third-order valence-corrected chi connectivity index (χ3v) is 3.31. The van der Waals surface area contributed by atoms with Gasteiger partial charge in [-0.15, -0.1) is 0 Å². The number of ether oxygens (including phenoxy) is 1. The van der Waals surface area contributed by atoms with Crippen molar-refractivity contribution in [1.29, 1.82) is 0 Å². The first-order valence-electron chi connectivity index (χ1n) is 6.89. The molecule has 1 N–H and O–H groups in total. The number of hydrogen-bond donors (Lipinski definition) is 1. The third-order valence-electron chi connectivity index (χ3n) is 3.31. The van der Waals surface area contributed by atoms with Gasteiger partial charge >= 0.3 is 0 Å². The Morgan fingerprint density at radius 3 is 2.86 bits per heavy atom. The van der Waals surface area contributed by atoms with Crippen LogP contribution in [0.25, 0.3) is 11.0 Å². The van der Waals surface area contributed by atoms with Crippen LogP contribution in [0.4, 0.5) is 0 Å². The normalized spacial score (nSPS) is 12.5. The van der Waals surface area contributed by atoms with Crippen molar-refractivity contribution >= 4 is 11.0 Å². The molecule has 2 heterocycles. The zero-order chi connectivity index (χ0) is 14.7. The van der Waals surface area contributed by atoms with Gasteiger partial charge in [-0.3, -0.25) is 0 Å². The van der Waals surface area contributed by atoms with Crippen LogP contribution < -0.4 is 10.1 Å². The van der Waals surface area contributed by atoms with Gasteiger partial charge in [-0.1, -0.05) is 25.1 Å². The molecule has 0 bridgehead atoms. The molecule has 5 nitrogen and oxygen atoms in total. The van der Waals surface area contributed by atoms with Crippen molar-refractivity contribution in [3.8, 4) is 5.88 Å². The van der Waals surface area contributed by atoms with Crippen molar-refractivity contribution in [1.82, 2.24) is 15.3 Å². The van der Waals surface area contributed by atoms with Gasteiger partial charge in [0.1, 0.15) is 23.7 Å². The van der Waals surface area contributed by atoms with E-state index in [2.05, 4.69) is 15.3 Å². The number of benzene rings is 1. The van der Waals surface area contributed by atoms with Gasteiger partial charge in [0.2, 0.25) is 5.88 Å². The number of rotatable bonds is 5. The molecule has 1 unspecified atom stereocenters. The molecule has 0 aliphatic heterocycles. The molecule has 3 rings (SSSR count). The number of aromatic nitrogens is 2. The van der Waals surface area contributed by atoms with E-state index < -0.39 is 0 Å². The van der Waals surface area contributed by atoms with Crippen LogP contribution in [0.3, 0.4) is 0 Å². The molecular weight excluding hydrogens is 266 g/mol. The van der Waals surface area contributed by atoms with Gasteiger partial charge in [0.25, 0.3) is 0 Å². The summed E-state index contributed by atoms with van der Waals surface area (Å²) in [6, 6.07) is 11.7. The van der Waals surface area contributed by atoms with Crippen molar-refractivity contribution in [2.24, 2.45) is 0 Å². The van der Waals surface area contributed by atoms with E-state index in [1.54, 1.807) is 7.11 Å². The summed E-state index contributed by atoms with van der Waals surface area (Å²) < 4.78 is 11.1.